The molecular formula is C30H21Cl2N3O4. The molecule has 0 atom stereocenters. The second-order valence-electron chi connectivity index (χ2n) is 8.40. The summed E-state index contributed by atoms with van der Waals surface area (Å²) in [5, 5.41) is 5.88. The summed E-state index contributed by atoms with van der Waals surface area (Å²) < 4.78 is 10.8. The molecule has 0 saturated heterocycles. The van der Waals surface area contributed by atoms with Gasteiger partial charge in [0, 0.05) is 37.6 Å². The lowest BCUT2D eigenvalue weighted by atomic mass is 10.0. The Morgan fingerprint density at radius 1 is 0.923 bits per heavy atom. The fourth-order valence-electron chi connectivity index (χ4n) is 4.08. The van der Waals surface area contributed by atoms with Crippen LogP contribution in [0.15, 0.2) is 96.1 Å². The first-order valence-corrected chi connectivity index (χ1v) is 12.5. The number of nitrogens with zero attached hydrogens (tertiary/aromatic N) is 1. The number of esters is 1. The predicted molar refractivity (Wildman–Crippen MR) is 153 cm³/mol. The van der Waals surface area contributed by atoms with Crippen molar-refractivity contribution in [2.75, 3.05) is 7.11 Å². The number of ether oxygens (including phenoxy) is 2. The number of benzene rings is 4. The molecule has 0 spiro atoms. The van der Waals surface area contributed by atoms with Crippen molar-refractivity contribution in [3.63, 3.8) is 0 Å². The minimum Gasteiger partial charge on any atom is -0.497 e. The Balaban J connectivity index is 1.40. The highest BCUT2D eigenvalue weighted by Gasteiger charge is 2.21. The van der Waals surface area contributed by atoms with Crippen LogP contribution >= 0.6 is 23.2 Å². The number of aromatic amines is 1. The Kier molecular flexibility index (Phi) is 7.63. The number of halogens is 2. The third kappa shape index (κ3) is 5.65. The van der Waals surface area contributed by atoms with Crippen LogP contribution in [0.2, 0.25) is 10.0 Å². The molecule has 0 fully saturated rings. The van der Waals surface area contributed by atoms with E-state index in [-0.39, 0.29) is 11.4 Å². The molecule has 1 amide bonds. The largest absolute Gasteiger partial charge is 0.497 e. The monoisotopic (exact) mass is 557 g/mol. The van der Waals surface area contributed by atoms with Crippen molar-refractivity contribution in [3.8, 4) is 22.6 Å². The molecule has 9 heteroatoms. The number of amides is 1. The summed E-state index contributed by atoms with van der Waals surface area (Å²) in [5.74, 6) is -0.225. The van der Waals surface area contributed by atoms with Crippen LogP contribution in [0.4, 0.5) is 0 Å². The maximum atomic E-state index is 13.3. The van der Waals surface area contributed by atoms with Gasteiger partial charge in [0.15, 0.2) is 0 Å². The molecule has 1 heterocycles. The van der Waals surface area contributed by atoms with E-state index < -0.39 is 11.9 Å². The summed E-state index contributed by atoms with van der Waals surface area (Å²) in [6, 6.07) is 26.1. The van der Waals surface area contributed by atoms with E-state index in [9.17, 15) is 9.59 Å². The third-order valence-electron chi connectivity index (χ3n) is 5.93. The summed E-state index contributed by atoms with van der Waals surface area (Å²) in [6.07, 6.45) is 1.40. The molecule has 2 N–H and O–H groups in total. The average molecular weight is 558 g/mol. The van der Waals surface area contributed by atoms with E-state index in [0.29, 0.717) is 38.0 Å². The molecule has 0 bridgehead atoms. The molecule has 7 nitrogen and oxygen atoms in total. The average Bonchev–Trinajstić information content (AvgIpc) is 3.32. The van der Waals surface area contributed by atoms with Crippen LogP contribution in [0.25, 0.3) is 22.0 Å². The molecule has 0 unspecified atom stereocenters. The van der Waals surface area contributed by atoms with Crippen LogP contribution in [-0.2, 0) is 0 Å². The van der Waals surface area contributed by atoms with Crippen LogP contribution in [0, 0.1) is 0 Å². The zero-order valence-electron chi connectivity index (χ0n) is 20.6. The summed E-state index contributed by atoms with van der Waals surface area (Å²) in [7, 11) is 1.52. The number of hydrazone groups is 1. The molecule has 0 aliphatic carbocycles. The van der Waals surface area contributed by atoms with Crippen molar-refractivity contribution in [3.05, 3.63) is 118 Å². The van der Waals surface area contributed by atoms with Crippen molar-refractivity contribution in [2.24, 2.45) is 5.10 Å². The van der Waals surface area contributed by atoms with Crippen LogP contribution in [0.5, 0.6) is 11.5 Å². The fraction of sp³-hybridized carbons (Fsp3) is 0.0333. The standard InChI is InChI=1S/C30H21Cl2N3O4/c1-38-21-9-6-8-18(15-21)30(37)39-26-12-5-2-7-19(26)17-33-35-29(36)28-27(22-10-3-4-11-24(22)32)23-16-20(31)13-14-25(23)34-28/h2-17,34H,1H3,(H,35,36). The SMILES string of the molecule is COc1cccc(C(=O)Oc2ccccc2C=NNC(=O)c2[nH]c3ccc(Cl)cc3c2-c2ccccc2Cl)c1. The number of methoxy groups -OCH3 is 1. The molecule has 0 aliphatic heterocycles. The zero-order valence-corrected chi connectivity index (χ0v) is 22.1. The van der Waals surface area contributed by atoms with Crippen molar-refractivity contribution in [2.45, 2.75) is 0 Å². The fourth-order valence-corrected chi connectivity index (χ4v) is 4.49. The first kappa shape index (κ1) is 26.0. The highest BCUT2D eigenvalue weighted by atomic mass is 35.5. The molecular weight excluding hydrogens is 537 g/mol. The zero-order chi connectivity index (χ0) is 27.4. The van der Waals surface area contributed by atoms with Gasteiger partial charge in [-0.2, -0.15) is 5.10 Å². The Morgan fingerprint density at radius 2 is 1.72 bits per heavy atom. The maximum absolute atomic E-state index is 13.3. The summed E-state index contributed by atoms with van der Waals surface area (Å²) in [6.45, 7) is 0. The van der Waals surface area contributed by atoms with Crippen LogP contribution in [0.1, 0.15) is 26.4 Å². The Bertz CT molecular complexity index is 1730. The summed E-state index contributed by atoms with van der Waals surface area (Å²) in [5.41, 5.74) is 5.65. The molecule has 1 aromatic heterocycles. The lowest BCUT2D eigenvalue weighted by molar-refractivity contribution is 0.0733. The number of H-pyrrole nitrogens is 1. The first-order valence-electron chi connectivity index (χ1n) is 11.8. The maximum Gasteiger partial charge on any atom is 0.343 e. The molecule has 194 valence electrons. The van der Waals surface area contributed by atoms with E-state index in [1.807, 2.05) is 18.2 Å². The number of hydrogen-bond acceptors (Lipinski definition) is 5. The van der Waals surface area contributed by atoms with Crippen molar-refractivity contribution < 1.29 is 19.1 Å². The number of carbonyl (C=O) groups is 2. The van der Waals surface area contributed by atoms with E-state index in [2.05, 4.69) is 15.5 Å². The molecule has 4 aromatic carbocycles. The summed E-state index contributed by atoms with van der Waals surface area (Å²) >= 11 is 12.7. The number of rotatable bonds is 7. The normalized spacial score (nSPS) is 11.1. The Labute approximate surface area is 234 Å². The van der Waals surface area contributed by atoms with Crippen LogP contribution < -0.4 is 14.9 Å². The minimum absolute atomic E-state index is 0.273. The van der Waals surface area contributed by atoms with Gasteiger partial charge in [0.2, 0.25) is 0 Å². The molecule has 5 rings (SSSR count). The van der Waals surface area contributed by atoms with Crippen molar-refractivity contribution in [1.82, 2.24) is 10.4 Å². The second-order valence-corrected chi connectivity index (χ2v) is 9.25. The number of hydrogen-bond donors (Lipinski definition) is 2. The molecule has 39 heavy (non-hydrogen) atoms. The lowest BCUT2D eigenvalue weighted by Gasteiger charge is -2.08. The van der Waals surface area contributed by atoms with Gasteiger partial charge in [0.05, 0.1) is 18.9 Å². The van der Waals surface area contributed by atoms with E-state index in [1.54, 1.807) is 72.8 Å². The lowest BCUT2D eigenvalue weighted by Crippen LogP contribution is -2.19. The second kappa shape index (κ2) is 11.4. The Morgan fingerprint density at radius 3 is 2.54 bits per heavy atom. The van der Waals surface area contributed by atoms with Crippen molar-refractivity contribution >= 4 is 52.2 Å². The van der Waals surface area contributed by atoms with Gasteiger partial charge in [-0.1, -0.05) is 59.6 Å². The summed E-state index contributed by atoms with van der Waals surface area (Å²) in [4.78, 5) is 29.1. The van der Waals surface area contributed by atoms with Crippen LogP contribution in [0.3, 0.4) is 0 Å². The number of nitrogens with one attached hydrogen (secondary N) is 2. The minimum atomic E-state index is -0.556. The van der Waals surface area contributed by atoms with E-state index in [4.69, 9.17) is 32.7 Å². The number of para-hydroxylation sites is 1. The third-order valence-corrected chi connectivity index (χ3v) is 6.49. The highest BCUT2D eigenvalue weighted by molar-refractivity contribution is 6.34. The van der Waals surface area contributed by atoms with Gasteiger partial charge in [-0.05, 0) is 54.6 Å². The smallest absolute Gasteiger partial charge is 0.343 e. The van der Waals surface area contributed by atoms with Gasteiger partial charge in [-0.25, -0.2) is 10.2 Å². The first-order chi connectivity index (χ1) is 18.9. The topological polar surface area (TPSA) is 92.8 Å². The van der Waals surface area contributed by atoms with Crippen LogP contribution in [-0.4, -0.2) is 30.2 Å². The van der Waals surface area contributed by atoms with E-state index in [1.165, 1.54) is 13.3 Å². The van der Waals surface area contributed by atoms with E-state index in [0.717, 1.165) is 10.9 Å². The predicted octanol–water partition coefficient (Wildman–Crippen LogP) is 7.13. The molecule has 5 aromatic rings. The van der Waals surface area contributed by atoms with Gasteiger partial charge in [-0.3, -0.25) is 4.79 Å². The number of fused-ring (bicyclic) bond motifs is 1. The quantitative estimate of drug-likeness (QED) is 0.0962. The van der Waals surface area contributed by atoms with E-state index >= 15 is 0 Å². The number of carbonyl (C=O) groups excluding carboxylic acids is 2. The molecule has 0 radical (unpaired) electrons. The van der Waals surface area contributed by atoms with Gasteiger partial charge < -0.3 is 14.5 Å². The number of aromatic nitrogens is 1. The van der Waals surface area contributed by atoms with Gasteiger partial charge >= 0.3 is 5.97 Å². The molecule has 0 aliphatic rings. The molecule has 0 saturated carbocycles. The van der Waals surface area contributed by atoms with Gasteiger partial charge in [0.1, 0.15) is 17.2 Å². The van der Waals surface area contributed by atoms with Crippen molar-refractivity contribution in [1.29, 1.82) is 0 Å². The Hall–Kier alpha value is -4.59. The highest BCUT2D eigenvalue weighted by Crippen LogP contribution is 2.37. The van der Waals surface area contributed by atoms with Gasteiger partial charge in [-0.15, -0.1) is 0 Å². The van der Waals surface area contributed by atoms with Gasteiger partial charge in [0.25, 0.3) is 5.91 Å².